The van der Waals surface area contributed by atoms with Gasteiger partial charge in [-0.05, 0) is 36.2 Å². The van der Waals surface area contributed by atoms with E-state index in [4.69, 9.17) is 0 Å². The molecule has 2 rings (SSSR count). The molecular weight excluding hydrogens is 266 g/mol. The standard InChI is InChI=1S/C17H17NO3/c1-21-17(20)15-9-7-14(8-10-15)16(19)18-12-11-13-5-3-2-4-6-13/h2-10H,11-12H2,1H3,(H,18,19). The third-order valence-electron chi connectivity index (χ3n) is 3.11. The van der Waals surface area contributed by atoms with Gasteiger partial charge in [-0.25, -0.2) is 4.79 Å². The largest absolute Gasteiger partial charge is 0.465 e. The summed E-state index contributed by atoms with van der Waals surface area (Å²) in [5.41, 5.74) is 2.13. The van der Waals surface area contributed by atoms with Crippen LogP contribution < -0.4 is 5.32 Å². The van der Waals surface area contributed by atoms with Crippen LogP contribution in [-0.4, -0.2) is 25.5 Å². The van der Waals surface area contributed by atoms with Gasteiger partial charge in [0.15, 0.2) is 0 Å². The Bertz CT molecular complexity index is 606. The lowest BCUT2D eigenvalue weighted by atomic mass is 10.1. The number of carbonyl (C=O) groups is 2. The van der Waals surface area contributed by atoms with Gasteiger partial charge in [-0.2, -0.15) is 0 Å². The smallest absolute Gasteiger partial charge is 0.337 e. The lowest BCUT2D eigenvalue weighted by molar-refractivity contribution is 0.0600. The van der Waals surface area contributed by atoms with Crippen LogP contribution in [0.3, 0.4) is 0 Å². The zero-order chi connectivity index (χ0) is 15.1. The summed E-state index contributed by atoms with van der Waals surface area (Å²) in [6.07, 6.45) is 0.785. The average Bonchev–Trinajstić information content (AvgIpc) is 2.55. The molecule has 0 radical (unpaired) electrons. The van der Waals surface area contributed by atoms with Crippen molar-refractivity contribution in [2.45, 2.75) is 6.42 Å². The molecule has 0 atom stereocenters. The maximum atomic E-state index is 12.0. The van der Waals surface area contributed by atoms with Crippen molar-refractivity contribution < 1.29 is 14.3 Å². The van der Waals surface area contributed by atoms with E-state index >= 15 is 0 Å². The quantitative estimate of drug-likeness (QED) is 0.858. The normalized spacial score (nSPS) is 9.95. The second-order valence-corrected chi connectivity index (χ2v) is 4.56. The van der Waals surface area contributed by atoms with Crippen molar-refractivity contribution in [3.63, 3.8) is 0 Å². The van der Waals surface area contributed by atoms with E-state index in [9.17, 15) is 9.59 Å². The van der Waals surface area contributed by atoms with Gasteiger partial charge in [0.05, 0.1) is 12.7 Å². The second-order valence-electron chi connectivity index (χ2n) is 4.56. The van der Waals surface area contributed by atoms with E-state index in [1.807, 2.05) is 30.3 Å². The fourth-order valence-corrected chi connectivity index (χ4v) is 1.94. The minimum Gasteiger partial charge on any atom is -0.465 e. The number of esters is 1. The predicted molar refractivity (Wildman–Crippen MR) is 80.3 cm³/mol. The molecule has 1 amide bonds. The molecule has 0 saturated carbocycles. The number of rotatable bonds is 5. The van der Waals surface area contributed by atoms with Crippen molar-refractivity contribution in [2.75, 3.05) is 13.7 Å². The van der Waals surface area contributed by atoms with Crippen molar-refractivity contribution in [3.8, 4) is 0 Å². The second kappa shape index (κ2) is 7.24. The van der Waals surface area contributed by atoms with E-state index in [-0.39, 0.29) is 5.91 Å². The van der Waals surface area contributed by atoms with Gasteiger partial charge in [0.1, 0.15) is 0 Å². The van der Waals surface area contributed by atoms with Crippen LogP contribution in [0.25, 0.3) is 0 Å². The predicted octanol–water partition coefficient (Wildman–Crippen LogP) is 2.45. The van der Waals surface area contributed by atoms with Crippen molar-refractivity contribution in [1.29, 1.82) is 0 Å². The zero-order valence-electron chi connectivity index (χ0n) is 11.8. The summed E-state index contributed by atoms with van der Waals surface area (Å²) in [6.45, 7) is 0.571. The van der Waals surface area contributed by atoms with Gasteiger partial charge in [0, 0.05) is 12.1 Å². The first-order chi connectivity index (χ1) is 10.2. The first-order valence-electron chi connectivity index (χ1n) is 6.71. The molecule has 4 heteroatoms. The molecule has 2 aromatic carbocycles. The van der Waals surface area contributed by atoms with E-state index in [0.717, 1.165) is 6.42 Å². The van der Waals surface area contributed by atoms with E-state index < -0.39 is 5.97 Å². The molecule has 0 aliphatic heterocycles. The average molecular weight is 283 g/mol. The zero-order valence-corrected chi connectivity index (χ0v) is 11.8. The van der Waals surface area contributed by atoms with Crippen LogP contribution in [-0.2, 0) is 11.2 Å². The van der Waals surface area contributed by atoms with Gasteiger partial charge in [0.25, 0.3) is 5.91 Å². The van der Waals surface area contributed by atoms with Crippen molar-refractivity contribution in [3.05, 3.63) is 71.3 Å². The van der Waals surface area contributed by atoms with Crippen molar-refractivity contribution in [2.24, 2.45) is 0 Å². The Morgan fingerprint density at radius 1 is 0.952 bits per heavy atom. The molecule has 21 heavy (non-hydrogen) atoms. The van der Waals surface area contributed by atoms with Gasteiger partial charge >= 0.3 is 5.97 Å². The third kappa shape index (κ3) is 4.18. The Balaban J connectivity index is 1.87. The van der Waals surface area contributed by atoms with Crippen LogP contribution in [0.2, 0.25) is 0 Å². The molecule has 0 fully saturated rings. The van der Waals surface area contributed by atoms with Crippen LogP contribution in [0.1, 0.15) is 26.3 Å². The fraction of sp³-hybridized carbons (Fsp3) is 0.176. The van der Waals surface area contributed by atoms with Gasteiger partial charge in [-0.3, -0.25) is 4.79 Å². The van der Waals surface area contributed by atoms with Gasteiger partial charge in [-0.1, -0.05) is 30.3 Å². The first-order valence-corrected chi connectivity index (χ1v) is 6.71. The molecule has 0 aliphatic carbocycles. The minimum atomic E-state index is -0.411. The summed E-state index contributed by atoms with van der Waals surface area (Å²) < 4.78 is 4.61. The molecule has 0 saturated heterocycles. The van der Waals surface area contributed by atoms with Gasteiger partial charge in [-0.15, -0.1) is 0 Å². The topological polar surface area (TPSA) is 55.4 Å². The molecule has 4 nitrogen and oxygen atoms in total. The molecule has 0 unspecified atom stereocenters. The van der Waals surface area contributed by atoms with E-state index in [0.29, 0.717) is 17.7 Å². The van der Waals surface area contributed by atoms with Gasteiger partial charge in [0.2, 0.25) is 0 Å². The van der Waals surface area contributed by atoms with Crippen molar-refractivity contribution in [1.82, 2.24) is 5.32 Å². The summed E-state index contributed by atoms with van der Waals surface area (Å²) in [5.74, 6) is -0.562. The highest BCUT2D eigenvalue weighted by atomic mass is 16.5. The summed E-state index contributed by atoms with van der Waals surface area (Å²) in [5, 5.41) is 2.85. The number of carbonyl (C=O) groups excluding carboxylic acids is 2. The molecule has 108 valence electrons. The number of nitrogens with one attached hydrogen (secondary N) is 1. The highest BCUT2D eigenvalue weighted by molar-refractivity contribution is 5.96. The van der Waals surface area contributed by atoms with Gasteiger partial charge < -0.3 is 10.1 Å². The molecule has 0 aliphatic rings. The number of amides is 1. The van der Waals surface area contributed by atoms with Crippen LogP contribution in [0.15, 0.2) is 54.6 Å². The van der Waals surface area contributed by atoms with Crippen LogP contribution in [0.5, 0.6) is 0 Å². The molecular formula is C17H17NO3. The Kier molecular flexibility index (Phi) is 5.10. The highest BCUT2D eigenvalue weighted by Gasteiger charge is 2.08. The third-order valence-corrected chi connectivity index (χ3v) is 3.11. The summed E-state index contributed by atoms with van der Waals surface area (Å²) >= 11 is 0. The molecule has 2 aromatic rings. The maximum absolute atomic E-state index is 12.0. The molecule has 1 N–H and O–H groups in total. The Labute approximate surface area is 123 Å². The maximum Gasteiger partial charge on any atom is 0.337 e. The number of ether oxygens (including phenoxy) is 1. The first kappa shape index (κ1) is 14.8. The number of methoxy groups -OCH3 is 1. The van der Waals surface area contributed by atoms with Crippen LogP contribution >= 0.6 is 0 Å². The van der Waals surface area contributed by atoms with Crippen LogP contribution in [0, 0.1) is 0 Å². The molecule has 0 spiro atoms. The SMILES string of the molecule is COC(=O)c1ccc(C(=O)NCCc2ccccc2)cc1. The van der Waals surface area contributed by atoms with Crippen LogP contribution in [0.4, 0.5) is 0 Å². The summed E-state index contributed by atoms with van der Waals surface area (Å²) in [6, 6.07) is 16.4. The molecule has 0 heterocycles. The van der Waals surface area contributed by atoms with Crippen molar-refractivity contribution >= 4 is 11.9 Å². The summed E-state index contributed by atoms with van der Waals surface area (Å²) in [4.78, 5) is 23.3. The van der Waals surface area contributed by atoms with E-state index in [1.54, 1.807) is 24.3 Å². The Morgan fingerprint density at radius 2 is 1.57 bits per heavy atom. The number of hydrogen-bond acceptors (Lipinski definition) is 3. The Morgan fingerprint density at radius 3 is 2.19 bits per heavy atom. The lowest BCUT2D eigenvalue weighted by Crippen LogP contribution is -2.25. The Hall–Kier alpha value is -2.62. The molecule has 0 bridgehead atoms. The monoisotopic (exact) mass is 283 g/mol. The minimum absolute atomic E-state index is 0.151. The fourth-order valence-electron chi connectivity index (χ4n) is 1.94. The highest BCUT2D eigenvalue weighted by Crippen LogP contribution is 2.06. The number of benzene rings is 2. The van der Waals surface area contributed by atoms with E-state index in [2.05, 4.69) is 10.1 Å². The number of hydrogen-bond donors (Lipinski definition) is 1. The van der Waals surface area contributed by atoms with E-state index in [1.165, 1.54) is 12.7 Å². The lowest BCUT2D eigenvalue weighted by Gasteiger charge is -2.06. The molecule has 0 aromatic heterocycles. The summed E-state index contributed by atoms with van der Waals surface area (Å²) in [7, 11) is 1.33.